The minimum Gasteiger partial charge on any atom is -0.507 e. The van der Waals surface area contributed by atoms with Crippen LogP contribution in [0.5, 0.6) is 5.75 Å². The molecule has 0 bridgehead atoms. The molecule has 8 nitrogen and oxygen atoms in total. The van der Waals surface area contributed by atoms with Crippen LogP contribution < -0.4 is 5.73 Å². The summed E-state index contributed by atoms with van der Waals surface area (Å²) in [5, 5.41) is 47.1. The minimum atomic E-state index is -2.53. The molecule has 0 saturated heterocycles. The second kappa shape index (κ2) is 10.2. The summed E-state index contributed by atoms with van der Waals surface area (Å²) in [5.41, 5.74) is 1.92. The van der Waals surface area contributed by atoms with Crippen molar-refractivity contribution >= 4 is 17.5 Å². The highest BCUT2D eigenvalue weighted by atomic mass is 16.4. The molecular formula is C34H47NO7. The van der Waals surface area contributed by atoms with Gasteiger partial charge in [-0.05, 0) is 53.1 Å². The van der Waals surface area contributed by atoms with E-state index in [0.29, 0.717) is 29.0 Å². The third-order valence-corrected chi connectivity index (χ3v) is 10.3. The Bertz CT molecular complexity index is 1390. The van der Waals surface area contributed by atoms with E-state index in [4.69, 9.17) is 5.73 Å². The number of hydrogen-bond acceptors (Lipinski definition) is 7. The maximum absolute atomic E-state index is 14.5. The summed E-state index contributed by atoms with van der Waals surface area (Å²) in [5.74, 6) is -0.206. The fourth-order valence-corrected chi connectivity index (χ4v) is 8.63. The monoisotopic (exact) mass is 581 g/mol. The number of aliphatic hydroxyl groups is 3. The van der Waals surface area contributed by atoms with Gasteiger partial charge < -0.3 is 26.2 Å². The van der Waals surface area contributed by atoms with Crippen LogP contribution in [0.4, 0.5) is 0 Å². The summed E-state index contributed by atoms with van der Waals surface area (Å²) in [6, 6.07) is 1.85. The number of fused-ring (bicyclic) bond motifs is 3. The maximum Gasteiger partial charge on any atom is 0.230 e. The largest absolute Gasteiger partial charge is 0.507 e. The van der Waals surface area contributed by atoms with Gasteiger partial charge in [0.2, 0.25) is 5.91 Å². The fraction of sp³-hybridized carbons (Fsp3) is 0.676. The summed E-state index contributed by atoms with van der Waals surface area (Å²) in [6.07, 6.45) is -2.37. The van der Waals surface area contributed by atoms with E-state index in [9.17, 15) is 34.8 Å². The van der Waals surface area contributed by atoms with Crippen LogP contribution in [-0.4, -0.2) is 55.7 Å². The Morgan fingerprint density at radius 1 is 1.14 bits per heavy atom. The van der Waals surface area contributed by atoms with E-state index in [1.807, 2.05) is 47.6 Å². The van der Waals surface area contributed by atoms with Crippen LogP contribution in [0.15, 0.2) is 6.07 Å². The molecule has 3 aliphatic rings. The highest BCUT2D eigenvalue weighted by Crippen LogP contribution is 2.66. The number of nitrogens with two attached hydrogens (primary N) is 1. The summed E-state index contributed by atoms with van der Waals surface area (Å²) in [6.45, 7) is 17.0. The van der Waals surface area contributed by atoms with Crippen LogP contribution in [0, 0.1) is 52.3 Å². The van der Waals surface area contributed by atoms with E-state index in [1.54, 1.807) is 6.92 Å². The average molecular weight is 582 g/mol. The minimum absolute atomic E-state index is 0.0557. The Morgan fingerprint density at radius 2 is 1.74 bits per heavy atom. The van der Waals surface area contributed by atoms with Gasteiger partial charge in [-0.2, -0.15) is 0 Å². The quantitative estimate of drug-likeness (QED) is 0.271. The number of aliphatic hydroxyl groups excluding tert-OH is 2. The third kappa shape index (κ3) is 4.42. The van der Waals surface area contributed by atoms with Gasteiger partial charge in [0.05, 0.1) is 17.6 Å². The first-order chi connectivity index (χ1) is 19.1. The van der Waals surface area contributed by atoms with Gasteiger partial charge >= 0.3 is 0 Å². The normalized spacial score (nSPS) is 36.2. The molecule has 3 aliphatic carbocycles. The van der Waals surface area contributed by atoms with Crippen LogP contribution >= 0.6 is 0 Å². The number of amides is 1. The Hall–Kier alpha value is -2.73. The standard InChI is InChI=1S/C34H47NO7/c1-16(2)11-10-12-18-13-20(31(5,6)7)25(36)21-19(18)14-32(8)15-33(9)23(17(3)4)27(38)22(30(35)41)28(39)34(33,42)29(40)24(32)26(21)37/h13,16-17,22-24,27,29,36,38,40,42H,11,14-15H2,1-9H3,(H2,35,41)/t22?,23-,24?,27?,29?,32+,33+,34-/m0/s1. The molecule has 1 aromatic carbocycles. The zero-order valence-corrected chi connectivity index (χ0v) is 26.3. The number of phenols is 1. The number of ketones is 2. The van der Waals surface area contributed by atoms with E-state index in [-0.39, 0.29) is 30.1 Å². The molecule has 1 aromatic rings. The Morgan fingerprint density at radius 3 is 2.24 bits per heavy atom. The number of phenolic OH excluding ortho intramolecular Hbond substituents is 1. The van der Waals surface area contributed by atoms with Gasteiger partial charge in [0.1, 0.15) is 17.8 Å². The third-order valence-electron chi connectivity index (χ3n) is 10.3. The van der Waals surface area contributed by atoms with Gasteiger partial charge in [-0.3, -0.25) is 14.4 Å². The van der Waals surface area contributed by atoms with Crippen LogP contribution in [0.3, 0.4) is 0 Å². The first-order valence-corrected chi connectivity index (χ1v) is 15.0. The Balaban J connectivity index is 2.00. The molecule has 42 heavy (non-hydrogen) atoms. The van der Waals surface area contributed by atoms with Crippen LogP contribution in [0.2, 0.25) is 0 Å². The summed E-state index contributed by atoms with van der Waals surface area (Å²) >= 11 is 0. The molecule has 0 aromatic heterocycles. The molecule has 0 heterocycles. The van der Waals surface area contributed by atoms with Crippen molar-refractivity contribution in [2.45, 2.75) is 105 Å². The first-order valence-electron chi connectivity index (χ1n) is 15.0. The molecule has 4 unspecified atom stereocenters. The molecule has 6 N–H and O–H groups in total. The molecule has 0 radical (unpaired) electrons. The molecule has 0 aliphatic heterocycles. The lowest BCUT2D eigenvalue weighted by Crippen LogP contribution is -2.79. The average Bonchev–Trinajstić information content (AvgIpc) is 2.81. The van der Waals surface area contributed by atoms with Crippen molar-refractivity contribution in [2.75, 3.05) is 0 Å². The lowest BCUT2D eigenvalue weighted by atomic mass is 9.39. The zero-order chi connectivity index (χ0) is 31.9. The maximum atomic E-state index is 14.5. The summed E-state index contributed by atoms with van der Waals surface area (Å²) in [4.78, 5) is 40.8. The van der Waals surface area contributed by atoms with Crippen LogP contribution in [0.1, 0.15) is 102 Å². The smallest absolute Gasteiger partial charge is 0.230 e. The molecular weight excluding hydrogens is 534 g/mol. The van der Waals surface area contributed by atoms with E-state index in [0.717, 1.165) is 0 Å². The molecule has 2 fully saturated rings. The number of rotatable bonds is 3. The molecule has 0 spiro atoms. The molecule has 2 saturated carbocycles. The van der Waals surface area contributed by atoms with Crippen molar-refractivity contribution in [3.63, 3.8) is 0 Å². The number of Topliss-reactive ketones (excluding diaryl/α,β-unsaturated/α-hetero) is 2. The highest BCUT2D eigenvalue weighted by molar-refractivity contribution is 6.09. The zero-order valence-electron chi connectivity index (χ0n) is 26.3. The van der Waals surface area contributed by atoms with Crippen molar-refractivity contribution in [2.24, 2.45) is 46.2 Å². The lowest BCUT2D eigenvalue weighted by Gasteiger charge is -2.66. The second-order valence-electron chi connectivity index (χ2n) is 15.3. The fourth-order valence-electron chi connectivity index (χ4n) is 8.63. The lowest BCUT2D eigenvalue weighted by molar-refractivity contribution is -0.265. The van der Waals surface area contributed by atoms with Crippen molar-refractivity contribution in [3.05, 3.63) is 28.3 Å². The molecule has 1 amide bonds. The molecule has 230 valence electrons. The van der Waals surface area contributed by atoms with Crippen molar-refractivity contribution in [1.82, 2.24) is 0 Å². The number of primary amides is 1. The predicted molar refractivity (Wildman–Crippen MR) is 158 cm³/mol. The molecule has 4 rings (SSSR count). The molecule has 8 atom stereocenters. The van der Waals surface area contributed by atoms with Gasteiger partial charge in [0.15, 0.2) is 17.2 Å². The number of hydrogen-bond donors (Lipinski definition) is 5. The summed E-state index contributed by atoms with van der Waals surface area (Å²) in [7, 11) is 0. The van der Waals surface area contributed by atoms with Crippen LogP contribution in [0.25, 0.3) is 0 Å². The second-order valence-corrected chi connectivity index (χ2v) is 15.3. The van der Waals surface area contributed by atoms with Gasteiger partial charge in [0, 0.05) is 23.0 Å². The number of carbonyl (C=O) groups is 3. The van der Waals surface area contributed by atoms with E-state index in [1.165, 1.54) is 0 Å². The van der Waals surface area contributed by atoms with Crippen LogP contribution in [-0.2, 0) is 21.4 Å². The highest BCUT2D eigenvalue weighted by Gasteiger charge is 2.76. The topological polar surface area (TPSA) is 158 Å². The van der Waals surface area contributed by atoms with E-state index in [2.05, 4.69) is 25.7 Å². The van der Waals surface area contributed by atoms with Crippen molar-refractivity contribution < 1.29 is 34.8 Å². The van der Waals surface area contributed by atoms with E-state index >= 15 is 0 Å². The van der Waals surface area contributed by atoms with Gasteiger partial charge in [-0.25, -0.2) is 0 Å². The van der Waals surface area contributed by atoms with E-state index < -0.39 is 69.3 Å². The number of benzene rings is 1. The van der Waals surface area contributed by atoms with Crippen molar-refractivity contribution in [3.8, 4) is 17.6 Å². The SMILES string of the molecule is CC(C)CC#Cc1cc(C(C)(C)C)c(O)c2c1C[C@]1(C)C[C@]3(C)[C@@H](C(C)C)C(O)C(C(N)=O)C(=O)[C@]3(O)C(O)C1C2=O. The van der Waals surface area contributed by atoms with Gasteiger partial charge in [-0.1, -0.05) is 74.2 Å². The van der Waals surface area contributed by atoms with Gasteiger partial charge in [0.25, 0.3) is 0 Å². The van der Waals surface area contributed by atoms with Gasteiger partial charge in [-0.15, -0.1) is 0 Å². The summed E-state index contributed by atoms with van der Waals surface area (Å²) < 4.78 is 0. The predicted octanol–water partition coefficient (Wildman–Crippen LogP) is 3.27. The first kappa shape index (κ1) is 32.2. The van der Waals surface area contributed by atoms with Crippen molar-refractivity contribution in [1.29, 1.82) is 0 Å². The molecule has 8 heteroatoms. The Kier molecular flexibility index (Phi) is 7.80. The Labute approximate surface area is 249 Å². The number of aromatic hydroxyl groups is 1. The number of carbonyl (C=O) groups excluding carboxylic acids is 3.